The predicted octanol–water partition coefficient (Wildman–Crippen LogP) is 4.60. The van der Waals surface area contributed by atoms with Gasteiger partial charge in [-0.3, -0.25) is 0 Å². The Bertz CT molecular complexity index is 752. The molecular weight excluding hydrogens is 394 g/mol. The van der Waals surface area contributed by atoms with Crippen molar-refractivity contribution < 1.29 is 18.3 Å². The van der Waals surface area contributed by atoms with Crippen molar-refractivity contribution in [3.05, 3.63) is 64.1 Å². The molecule has 0 unspecified atom stereocenters. The highest BCUT2D eigenvalue weighted by atomic mass is 79.9. The number of alkyl carbamates (subject to hydrolysis) is 1. The summed E-state index contributed by atoms with van der Waals surface area (Å²) in [7, 11) is 0. The second kappa shape index (κ2) is 7.82. The van der Waals surface area contributed by atoms with Gasteiger partial charge in [0.05, 0.1) is 10.2 Å². The average molecular weight is 411 g/mol. The van der Waals surface area contributed by atoms with Crippen molar-refractivity contribution in [1.29, 1.82) is 0 Å². The Morgan fingerprint density at radius 1 is 1.12 bits per heavy atom. The molecule has 1 aliphatic carbocycles. The largest absolute Gasteiger partial charge is 0.445 e. The summed E-state index contributed by atoms with van der Waals surface area (Å²) in [4.78, 5) is 11.8. The fourth-order valence-electron chi connectivity index (χ4n) is 2.64. The molecule has 3 rings (SSSR count). The van der Waals surface area contributed by atoms with Crippen molar-refractivity contribution in [2.75, 3.05) is 5.32 Å². The number of amides is 1. The van der Waals surface area contributed by atoms with E-state index in [4.69, 9.17) is 4.74 Å². The van der Waals surface area contributed by atoms with Gasteiger partial charge in [0.2, 0.25) is 0 Å². The molecule has 0 aromatic heterocycles. The Balaban J connectivity index is 1.41. The molecule has 2 N–H and O–H groups in total. The van der Waals surface area contributed by atoms with E-state index in [9.17, 15) is 13.6 Å². The lowest BCUT2D eigenvalue weighted by atomic mass is 9.86. The fourth-order valence-corrected chi connectivity index (χ4v) is 2.98. The zero-order valence-electron chi connectivity index (χ0n) is 13.3. The third kappa shape index (κ3) is 4.69. The number of ether oxygens (including phenoxy) is 1. The Labute approximate surface area is 152 Å². The first kappa shape index (κ1) is 17.7. The van der Waals surface area contributed by atoms with Crippen LogP contribution < -0.4 is 10.6 Å². The molecule has 0 radical (unpaired) electrons. The maximum Gasteiger partial charge on any atom is 0.407 e. The van der Waals surface area contributed by atoms with Gasteiger partial charge in [-0.2, -0.15) is 0 Å². The molecule has 0 bridgehead atoms. The summed E-state index contributed by atoms with van der Waals surface area (Å²) in [6, 6.07) is 11.6. The molecule has 2 aromatic carbocycles. The first-order valence-corrected chi connectivity index (χ1v) is 8.69. The van der Waals surface area contributed by atoms with Crippen LogP contribution in [0.25, 0.3) is 0 Å². The third-order valence-corrected chi connectivity index (χ3v) is 4.65. The first-order valence-electron chi connectivity index (χ1n) is 7.89. The van der Waals surface area contributed by atoms with Gasteiger partial charge >= 0.3 is 6.09 Å². The summed E-state index contributed by atoms with van der Waals surface area (Å²) < 4.78 is 32.3. The zero-order valence-corrected chi connectivity index (χ0v) is 14.9. The van der Waals surface area contributed by atoms with Gasteiger partial charge in [-0.05, 0) is 40.4 Å². The van der Waals surface area contributed by atoms with Gasteiger partial charge in [0.15, 0.2) is 0 Å². The van der Waals surface area contributed by atoms with E-state index < -0.39 is 17.7 Å². The normalized spacial score (nSPS) is 19.0. The van der Waals surface area contributed by atoms with Gasteiger partial charge in [-0.25, -0.2) is 13.6 Å². The van der Waals surface area contributed by atoms with E-state index in [1.54, 1.807) is 0 Å². The van der Waals surface area contributed by atoms with Crippen LogP contribution in [0.5, 0.6) is 0 Å². The number of halogens is 3. The Morgan fingerprint density at radius 2 is 1.84 bits per heavy atom. The minimum absolute atomic E-state index is 0.0197. The molecule has 1 fully saturated rings. The van der Waals surface area contributed by atoms with Crippen molar-refractivity contribution in [2.45, 2.75) is 31.5 Å². The van der Waals surface area contributed by atoms with Crippen molar-refractivity contribution in [1.82, 2.24) is 5.32 Å². The first-order chi connectivity index (χ1) is 12.0. The summed E-state index contributed by atoms with van der Waals surface area (Å²) in [5.41, 5.74) is 1.16. The summed E-state index contributed by atoms with van der Waals surface area (Å²) in [6.07, 6.45) is 0.826. The molecule has 1 aliphatic rings. The van der Waals surface area contributed by atoms with Gasteiger partial charge in [0, 0.05) is 18.2 Å². The number of benzene rings is 2. The van der Waals surface area contributed by atoms with Crippen molar-refractivity contribution in [3.63, 3.8) is 0 Å². The van der Waals surface area contributed by atoms with E-state index in [0.29, 0.717) is 12.8 Å². The minimum atomic E-state index is -0.641. The van der Waals surface area contributed by atoms with Gasteiger partial charge < -0.3 is 15.4 Å². The highest BCUT2D eigenvalue weighted by molar-refractivity contribution is 9.10. The lowest BCUT2D eigenvalue weighted by molar-refractivity contribution is 0.129. The molecule has 7 heteroatoms. The Morgan fingerprint density at radius 3 is 2.56 bits per heavy atom. The van der Waals surface area contributed by atoms with Crippen LogP contribution in [0.1, 0.15) is 18.4 Å². The molecule has 4 nitrogen and oxygen atoms in total. The van der Waals surface area contributed by atoms with E-state index in [1.807, 2.05) is 30.3 Å². The molecule has 0 aliphatic heterocycles. The van der Waals surface area contributed by atoms with E-state index >= 15 is 0 Å². The van der Waals surface area contributed by atoms with Crippen LogP contribution in [-0.4, -0.2) is 18.2 Å². The van der Waals surface area contributed by atoms with E-state index in [-0.39, 0.29) is 28.9 Å². The highest BCUT2D eigenvalue weighted by Crippen LogP contribution is 2.29. The quantitative estimate of drug-likeness (QED) is 0.708. The van der Waals surface area contributed by atoms with Crippen molar-refractivity contribution in [2.24, 2.45) is 0 Å². The SMILES string of the molecule is O=C(NC1CC(Nc2cc(Br)c(F)cc2F)C1)OCc1ccccc1. The van der Waals surface area contributed by atoms with Crippen LogP contribution in [0, 0.1) is 11.6 Å². The topological polar surface area (TPSA) is 50.4 Å². The second-order valence-electron chi connectivity index (χ2n) is 5.96. The molecule has 0 saturated heterocycles. The second-order valence-corrected chi connectivity index (χ2v) is 6.82. The molecule has 0 heterocycles. The number of hydrogen-bond acceptors (Lipinski definition) is 3. The maximum atomic E-state index is 13.7. The number of carbonyl (C=O) groups excluding carboxylic acids is 1. The highest BCUT2D eigenvalue weighted by Gasteiger charge is 2.31. The lowest BCUT2D eigenvalue weighted by Crippen LogP contribution is -2.49. The molecule has 1 saturated carbocycles. The van der Waals surface area contributed by atoms with E-state index in [0.717, 1.165) is 11.6 Å². The smallest absolute Gasteiger partial charge is 0.407 e. The number of anilines is 1. The molecule has 0 atom stereocenters. The summed E-state index contributed by atoms with van der Waals surface area (Å²) >= 11 is 3.04. The van der Waals surface area contributed by atoms with Crippen LogP contribution in [-0.2, 0) is 11.3 Å². The average Bonchev–Trinajstić information content (AvgIpc) is 2.56. The Hall–Kier alpha value is -2.15. The molecule has 25 heavy (non-hydrogen) atoms. The standard InChI is InChI=1S/C18H17BrF2N2O2/c19-14-8-17(16(21)9-15(14)20)22-12-6-13(7-12)23-18(24)25-10-11-4-2-1-3-5-11/h1-5,8-9,12-13,22H,6-7,10H2,(H,23,24). The van der Waals surface area contributed by atoms with Crippen LogP contribution in [0.2, 0.25) is 0 Å². The fraction of sp³-hybridized carbons (Fsp3) is 0.278. The molecule has 0 spiro atoms. The van der Waals surface area contributed by atoms with Gasteiger partial charge in [-0.15, -0.1) is 0 Å². The number of carbonyl (C=O) groups is 1. The predicted molar refractivity (Wildman–Crippen MR) is 94.3 cm³/mol. The minimum Gasteiger partial charge on any atom is -0.445 e. The van der Waals surface area contributed by atoms with Gasteiger partial charge in [0.25, 0.3) is 0 Å². The van der Waals surface area contributed by atoms with Crippen LogP contribution in [0.3, 0.4) is 0 Å². The zero-order chi connectivity index (χ0) is 17.8. The van der Waals surface area contributed by atoms with E-state index in [1.165, 1.54) is 6.07 Å². The number of rotatable bonds is 5. The summed E-state index contributed by atoms with van der Waals surface area (Å²) in [5, 5.41) is 5.79. The van der Waals surface area contributed by atoms with Crippen LogP contribution >= 0.6 is 15.9 Å². The van der Waals surface area contributed by atoms with Gasteiger partial charge in [-0.1, -0.05) is 30.3 Å². The van der Waals surface area contributed by atoms with Crippen LogP contribution in [0.15, 0.2) is 46.9 Å². The van der Waals surface area contributed by atoms with Crippen molar-refractivity contribution in [3.8, 4) is 0 Å². The number of hydrogen-bond donors (Lipinski definition) is 2. The number of nitrogens with one attached hydrogen (secondary N) is 2. The third-order valence-electron chi connectivity index (χ3n) is 4.04. The molecule has 2 aromatic rings. The maximum absolute atomic E-state index is 13.7. The van der Waals surface area contributed by atoms with Crippen LogP contribution in [0.4, 0.5) is 19.3 Å². The monoisotopic (exact) mass is 410 g/mol. The molecular formula is C18H17BrF2N2O2. The molecule has 132 valence electrons. The Kier molecular flexibility index (Phi) is 5.53. The molecule has 1 amide bonds. The van der Waals surface area contributed by atoms with Crippen molar-refractivity contribution >= 4 is 27.7 Å². The lowest BCUT2D eigenvalue weighted by Gasteiger charge is -2.36. The van der Waals surface area contributed by atoms with E-state index in [2.05, 4.69) is 26.6 Å². The summed E-state index contributed by atoms with van der Waals surface area (Å²) in [5.74, 6) is -1.28. The summed E-state index contributed by atoms with van der Waals surface area (Å²) in [6.45, 7) is 0.218. The van der Waals surface area contributed by atoms with Gasteiger partial charge in [0.1, 0.15) is 18.2 Å².